The Morgan fingerprint density at radius 3 is 2.51 bits per heavy atom. The molecular formula is C25H27N7O3. The normalized spacial score (nSPS) is 15.1. The van der Waals surface area contributed by atoms with Gasteiger partial charge >= 0.3 is 0 Å². The third-order valence-corrected chi connectivity index (χ3v) is 5.93. The lowest BCUT2D eigenvalue weighted by molar-refractivity contribution is -0.128. The molecule has 10 nitrogen and oxygen atoms in total. The van der Waals surface area contributed by atoms with E-state index in [-0.39, 0.29) is 23.2 Å². The molecule has 3 heterocycles. The summed E-state index contributed by atoms with van der Waals surface area (Å²) in [5, 5.41) is 2.75. The third-order valence-electron chi connectivity index (χ3n) is 5.93. The summed E-state index contributed by atoms with van der Waals surface area (Å²) < 4.78 is 1.16. The number of amides is 3. The SMILES string of the molecule is C=C(C)C(=O)N1CCCC1c1nc(-c2ccc(C(=O)Nc3cc(C)ccn3)cc2)c(C(N)=O)n1N. The predicted molar refractivity (Wildman–Crippen MR) is 132 cm³/mol. The first kappa shape index (κ1) is 23.7. The summed E-state index contributed by atoms with van der Waals surface area (Å²) in [7, 11) is 0. The van der Waals surface area contributed by atoms with Crippen LogP contribution >= 0.6 is 0 Å². The van der Waals surface area contributed by atoms with Crippen LogP contribution in [0.15, 0.2) is 54.7 Å². The second-order valence-electron chi connectivity index (χ2n) is 8.59. The topological polar surface area (TPSA) is 149 Å². The minimum absolute atomic E-state index is 0.0239. The molecule has 2 aromatic heterocycles. The minimum Gasteiger partial charge on any atom is -0.364 e. The van der Waals surface area contributed by atoms with Crippen LogP contribution in [0.3, 0.4) is 0 Å². The highest BCUT2D eigenvalue weighted by Gasteiger charge is 2.35. The van der Waals surface area contributed by atoms with Crippen molar-refractivity contribution in [1.29, 1.82) is 0 Å². The summed E-state index contributed by atoms with van der Waals surface area (Å²) in [5.74, 6) is 5.82. The molecule has 180 valence electrons. The Hall–Kier alpha value is -4.47. The smallest absolute Gasteiger partial charge is 0.269 e. The van der Waals surface area contributed by atoms with Crippen LogP contribution in [0.1, 0.15) is 58.0 Å². The summed E-state index contributed by atoms with van der Waals surface area (Å²) in [4.78, 5) is 47.9. The van der Waals surface area contributed by atoms with E-state index in [2.05, 4.69) is 21.9 Å². The number of likely N-dealkylation sites (tertiary alicyclic amines) is 1. The molecule has 0 bridgehead atoms. The number of carbonyl (C=O) groups excluding carboxylic acids is 3. The maximum absolute atomic E-state index is 12.6. The average Bonchev–Trinajstić information content (AvgIpc) is 3.43. The van der Waals surface area contributed by atoms with Crippen LogP contribution in [0, 0.1) is 6.92 Å². The van der Waals surface area contributed by atoms with Gasteiger partial charge in [0.05, 0.1) is 6.04 Å². The van der Waals surface area contributed by atoms with Gasteiger partial charge in [-0.2, -0.15) is 0 Å². The Morgan fingerprint density at radius 1 is 1.17 bits per heavy atom. The van der Waals surface area contributed by atoms with Crippen molar-refractivity contribution >= 4 is 23.5 Å². The molecule has 3 aromatic rings. The van der Waals surface area contributed by atoms with Gasteiger partial charge in [0.25, 0.3) is 11.8 Å². The van der Waals surface area contributed by atoms with Crippen molar-refractivity contribution in [3.05, 3.63) is 77.4 Å². The van der Waals surface area contributed by atoms with E-state index in [0.29, 0.717) is 41.3 Å². The van der Waals surface area contributed by atoms with Crippen LogP contribution in [0.2, 0.25) is 0 Å². The van der Waals surface area contributed by atoms with E-state index >= 15 is 0 Å². The van der Waals surface area contributed by atoms with E-state index < -0.39 is 11.9 Å². The van der Waals surface area contributed by atoms with Gasteiger partial charge < -0.3 is 21.8 Å². The number of nitrogens with one attached hydrogen (secondary N) is 1. The molecule has 1 fully saturated rings. The molecule has 3 amide bonds. The summed E-state index contributed by atoms with van der Waals surface area (Å²) in [5.41, 5.74) is 8.30. The molecule has 1 atom stereocenters. The van der Waals surface area contributed by atoms with Gasteiger partial charge in [-0.3, -0.25) is 14.4 Å². The van der Waals surface area contributed by atoms with Crippen LogP contribution in [0.25, 0.3) is 11.3 Å². The van der Waals surface area contributed by atoms with Crippen LogP contribution in [-0.4, -0.2) is 43.8 Å². The molecule has 1 aliphatic rings. The number of benzene rings is 1. The van der Waals surface area contributed by atoms with Gasteiger partial charge in [0.2, 0.25) is 5.91 Å². The fourth-order valence-corrected chi connectivity index (χ4v) is 4.22. The average molecular weight is 474 g/mol. The van der Waals surface area contributed by atoms with E-state index in [4.69, 9.17) is 11.6 Å². The standard InChI is InChI=1S/C25H27N7O3/c1-14(2)25(35)31-12-4-5-18(31)23-30-20(21(22(26)33)32(23)27)16-6-8-17(9-7-16)24(34)29-19-13-15(3)10-11-28-19/h6-11,13,18H,1,4-5,12,27H2,2-3H3,(H2,26,33)(H,28,29,34). The minimum atomic E-state index is -0.746. The zero-order valence-electron chi connectivity index (χ0n) is 19.6. The third kappa shape index (κ3) is 4.63. The molecule has 10 heteroatoms. The maximum atomic E-state index is 12.6. The first-order valence-corrected chi connectivity index (χ1v) is 11.2. The first-order chi connectivity index (χ1) is 16.7. The van der Waals surface area contributed by atoms with Gasteiger partial charge in [-0.25, -0.2) is 14.6 Å². The molecule has 0 spiro atoms. The zero-order valence-corrected chi connectivity index (χ0v) is 19.6. The molecule has 5 N–H and O–H groups in total. The van der Waals surface area contributed by atoms with Crippen molar-refractivity contribution in [2.75, 3.05) is 17.7 Å². The van der Waals surface area contributed by atoms with Crippen LogP contribution in [0.4, 0.5) is 5.82 Å². The predicted octanol–water partition coefficient (Wildman–Crippen LogP) is 2.56. The molecule has 4 rings (SSSR count). The van der Waals surface area contributed by atoms with Crippen LogP contribution < -0.4 is 16.9 Å². The zero-order chi connectivity index (χ0) is 25.3. The summed E-state index contributed by atoms with van der Waals surface area (Å²) in [6, 6.07) is 9.78. The number of imidazole rings is 1. The number of aromatic nitrogens is 3. The van der Waals surface area contributed by atoms with Crippen LogP contribution in [0.5, 0.6) is 0 Å². The number of aryl methyl sites for hydroxylation is 1. The van der Waals surface area contributed by atoms with Crippen molar-refractivity contribution in [1.82, 2.24) is 19.5 Å². The molecule has 0 saturated carbocycles. The fourth-order valence-electron chi connectivity index (χ4n) is 4.22. The van der Waals surface area contributed by atoms with Crippen molar-refractivity contribution in [2.24, 2.45) is 5.73 Å². The number of pyridine rings is 1. The highest BCUT2D eigenvalue weighted by atomic mass is 16.2. The molecule has 1 aromatic carbocycles. The molecular weight excluding hydrogens is 446 g/mol. The number of anilines is 1. The van der Waals surface area contributed by atoms with Crippen molar-refractivity contribution in [2.45, 2.75) is 32.7 Å². The summed E-state index contributed by atoms with van der Waals surface area (Å²) in [6.45, 7) is 7.85. The van der Waals surface area contributed by atoms with Crippen LogP contribution in [-0.2, 0) is 4.79 Å². The lowest BCUT2D eigenvalue weighted by Crippen LogP contribution is -2.34. The largest absolute Gasteiger partial charge is 0.364 e. The molecule has 0 radical (unpaired) electrons. The molecule has 1 saturated heterocycles. The van der Waals surface area contributed by atoms with E-state index in [9.17, 15) is 14.4 Å². The number of nitrogen functional groups attached to an aromatic ring is 1. The lowest BCUT2D eigenvalue weighted by atomic mass is 10.1. The Balaban J connectivity index is 1.64. The second-order valence-corrected chi connectivity index (χ2v) is 8.59. The number of nitrogens with zero attached hydrogens (tertiary/aromatic N) is 4. The monoisotopic (exact) mass is 473 g/mol. The van der Waals surface area contributed by atoms with E-state index in [1.54, 1.807) is 48.4 Å². The Morgan fingerprint density at radius 2 is 1.89 bits per heavy atom. The highest BCUT2D eigenvalue weighted by molar-refractivity contribution is 6.04. The fraction of sp³-hybridized carbons (Fsp3) is 0.240. The van der Waals surface area contributed by atoms with Gasteiger partial charge in [0, 0.05) is 29.4 Å². The van der Waals surface area contributed by atoms with Gasteiger partial charge in [0.15, 0.2) is 11.5 Å². The van der Waals surface area contributed by atoms with E-state index in [1.807, 2.05) is 13.0 Å². The summed E-state index contributed by atoms with van der Waals surface area (Å²) in [6.07, 6.45) is 3.05. The highest BCUT2D eigenvalue weighted by Crippen LogP contribution is 2.35. The quantitative estimate of drug-likeness (QED) is 0.370. The maximum Gasteiger partial charge on any atom is 0.269 e. The van der Waals surface area contributed by atoms with Gasteiger partial charge in [-0.15, -0.1) is 0 Å². The van der Waals surface area contributed by atoms with E-state index in [1.165, 1.54) is 0 Å². The Bertz CT molecular complexity index is 1330. The number of primary amides is 1. The number of carbonyl (C=O) groups is 3. The number of rotatable bonds is 6. The molecule has 35 heavy (non-hydrogen) atoms. The molecule has 1 unspecified atom stereocenters. The summed E-state index contributed by atoms with van der Waals surface area (Å²) >= 11 is 0. The van der Waals surface area contributed by atoms with Gasteiger partial charge in [0.1, 0.15) is 11.5 Å². The van der Waals surface area contributed by atoms with Gasteiger partial charge in [-0.05, 0) is 56.5 Å². The Labute approximate surface area is 202 Å². The van der Waals surface area contributed by atoms with Crippen molar-refractivity contribution < 1.29 is 14.4 Å². The van der Waals surface area contributed by atoms with Crippen molar-refractivity contribution in [3.8, 4) is 11.3 Å². The number of nitrogens with two attached hydrogens (primary N) is 2. The van der Waals surface area contributed by atoms with Gasteiger partial charge in [-0.1, -0.05) is 18.7 Å². The molecule has 1 aliphatic heterocycles. The Kier molecular flexibility index (Phi) is 6.37. The number of hydrogen-bond donors (Lipinski definition) is 3. The first-order valence-electron chi connectivity index (χ1n) is 11.2. The second kappa shape index (κ2) is 9.41. The number of hydrogen-bond acceptors (Lipinski definition) is 6. The molecule has 0 aliphatic carbocycles. The van der Waals surface area contributed by atoms with Crippen molar-refractivity contribution in [3.63, 3.8) is 0 Å². The lowest BCUT2D eigenvalue weighted by Gasteiger charge is -2.24. The van der Waals surface area contributed by atoms with E-state index in [0.717, 1.165) is 16.7 Å².